The minimum atomic E-state index is 0.447. The summed E-state index contributed by atoms with van der Waals surface area (Å²) in [5, 5.41) is 3.70. The molecule has 0 aliphatic heterocycles. The van der Waals surface area contributed by atoms with E-state index in [0.29, 0.717) is 12.0 Å². The molecule has 102 valence electrons. The van der Waals surface area contributed by atoms with E-state index in [1.807, 2.05) is 0 Å². The molecule has 1 aromatic rings. The third-order valence-electron chi connectivity index (χ3n) is 3.43. The second-order valence-corrected chi connectivity index (χ2v) is 6.44. The largest absolute Gasteiger partial charge is 0.310 e. The van der Waals surface area contributed by atoms with Crippen LogP contribution in [-0.4, -0.2) is 6.54 Å². The molecule has 0 fully saturated rings. The SMILES string of the molecule is CCCNC(c1ccc(Br)cc1Br)C(CC)CC. The average molecular weight is 377 g/mol. The second-order valence-electron chi connectivity index (χ2n) is 4.67. The third kappa shape index (κ3) is 4.36. The molecule has 0 aromatic heterocycles. The average Bonchev–Trinajstić information content (AvgIpc) is 2.35. The topological polar surface area (TPSA) is 12.0 Å². The molecule has 1 atom stereocenters. The Bertz CT molecular complexity index is 362. The molecule has 1 nitrogen and oxygen atoms in total. The molecule has 0 heterocycles. The summed E-state index contributed by atoms with van der Waals surface area (Å²) in [7, 11) is 0. The van der Waals surface area contributed by atoms with Crippen molar-refractivity contribution >= 4 is 31.9 Å². The minimum Gasteiger partial charge on any atom is -0.310 e. The van der Waals surface area contributed by atoms with E-state index in [1.54, 1.807) is 0 Å². The van der Waals surface area contributed by atoms with E-state index < -0.39 is 0 Å². The summed E-state index contributed by atoms with van der Waals surface area (Å²) in [5.74, 6) is 0.689. The Kier molecular flexibility index (Phi) is 7.50. The summed E-state index contributed by atoms with van der Waals surface area (Å²) >= 11 is 7.22. The highest BCUT2D eigenvalue weighted by atomic mass is 79.9. The number of nitrogens with one attached hydrogen (secondary N) is 1. The van der Waals surface area contributed by atoms with Gasteiger partial charge in [0.05, 0.1) is 0 Å². The van der Waals surface area contributed by atoms with Crippen molar-refractivity contribution in [3.05, 3.63) is 32.7 Å². The van der Waals surface area contributed by atoms with Crippen molar-refractivity contribution in [3.8, 4) is 0 Å². The maximum Gasteiger partial charge on any atom is 0.0359 e. The van der Waals surface area contributed by atoms with Gasteiger partial charge in [0, 0.05) is 15.0 Å². The lowest BCUT2D eigenvalue weighted by Crippen LogP contribution is -2.29. The Hall–Kier alpha value is 0.140. The van der Waals surface area contributed by atoms with E-state index in [9.17, 15) is 0 Å². The van der Waals surface area contributed by atoms with Crippen molar-refractivity contribution in [3.63, 3.8) is 0 Å². The summed E-state index contributed by atoms with van der Waals surface area (Å²) in [5.41, 5.74) is 1.38. The van der Waals surface area contributed by atoms with E-state index in [-0.39, 0.29) is 0 Å². The van der Waals surface area contributed by atoms with Crippen LogP contribution in [0.2, 0.25) is 0 Å². The smallest absolute Gasteiger partial charge is 0.0359 e. The fourth-order valence-electron chi connectivity index (χ4n) is 2.34. The van der Waals surface area contributed by atoms with E-state index in [4.69, 9.17) is 0 Å². The molecule has 1 rings (SSSR count). The number of rotatable bonds is 7. The monoisotopic (exact) mass is 375 g/mol. The molecule has 1 aromatic carbocycles. The number of hydrogen-bond acceptors (Lipinski definition) is 1. The Labute approximate surface area is 128 Å². The molecule has 0 saturated heterocycles. The minimum absolute atomic E-state index is 0.447. The highest BCUT2D eigenvalue weighted by molar-refractivity contribution is 9.11. The van der Waals surface area contributed by atoms with Gasteiger partial charge in [-0.3, -0.25) is 0 Å². The number of benzene rings is 1. The standard InChI is InChI=1S/C15H23Br2N/c1-4-9-18-15(11(5-2)6-3)13-8-7-12(16)10-14(13)17/h7-8,10-11,15,18H,4-6,9H2,1-3H3. The first-order chi connectivity index (χ1) is 8.63. The quantitative estimate of drug-likeness (QED) is 0.644. The van der Waals surface area contributed by atoms with Crippen LogP contribution < -0.4 is 5.32 Å². The molecule has 0 aliphatic carbocycles. The van der Waals surface area contributed by atoms with Gasteiger partial charge in [-0.1, -0.05) is 71.5 Å². The predicted molar refractivity (Wildman–Crippen MR) is 86.9 cm³/mol. The Morgan fingerprint density at radius 3 is 2.28 bits per heavy atom. The fourth-order valence-corrected chi connectivity index (χ4v) is 3.64. The van der Waals surface area contributed by atoms with Crippen LogP contribution in [0.1, 0.15) is 51.6 Å². The summed E-state index contributed by atoms with van der Waals surface area (Å²) in [6, 6.07) is 6.93. The van der Waals surface area contributed by atoms with Crippen LogP contribution in [0.4, 0.5) is 0 Å². The molecule has 3 heteroatoms. The van der Waals surface area contributed by atoms with Crippen LogP contribution in [0.25, 0.3) is 0 Å². The van der Waals surface area contributed by atoms with Crippen LogP contribution in [0.5, 0.6) is 0 Å². The van der Waals surface area contributed by atoms with Crippen LogP contribution in [0, 0.1) is 5.92 Å². The number of hydrogen-bond donors (Lipinski definition) is 1. The third-order valence-corrected chi connectivity index (χ3v) is 4.61. The van der Waals surface area contributed by atoms with Gasteiger partial charge in [0.25, 0.3) is 0 Å². The zero-order valence-corrected chi connectivity index (χ0v) is 14.6. The molecule has 0 amide bonds. The Morgan fingerprint density at radius 1 is 1.11 bits per heavy atom. The summed E-state index contributed by atoms with van der Waals surface area (Å²) in [6.45, 7) is 7.85. The van der Waals surface area contributed by atoms with E-state index in [0.717, 1.165) is 11.0 Å². The highest BCUT2D eigenvalue weighted by Gasteiger charge is 2.21. The van der Waals surface area contributed by atoms with Crippen LogP contribution >= 0.6 is 31.9 Å². The lowest BCUT2D eigenvalue weighted by atomic mass is 9.89. The zero-order valence-electron chi connectivity index (χ0n) is 11.5. The van der Waals surface area contributed by atoms with Gasteiger partial charge in [0.2, 0.25) is 0 Å². The van der Waals surface area contributed by atoms with Gasteiger partial charge in [-0.25, -0.2) is 0 Å². The van der Waals surface area contributed by atoms with Gasteiger partial charge in [-0.2, -0.15) is 0 Å². The maximum atomic E-state index is 3.70. The van der Waals surface area contributed by atoms with Crippen molar-refractivity contribution in [1.29, 1.82) is 0 Å². The van der Waals surface area contributed by atoms with Gasteiger partial charge < -0.3 is 5.32 Å². The molecule has 0 aliphatic rings. The normalized spacial score (nSPS) is 13.0. The molecule has 1 N–H and O–H groups in total. The van der Waals surface area contributed by atoms with E-state index in [1.165, 1.54) is 29.3 Å². The van der Waals surface area contributed by atoms with Crippen molar-refractivity contribution in [2.45, 2.75) is 46.1 Å². The van der Waals surface area contributed by atoms with Gasteiger partial charge >= 0.3 is 0 Å². The Morgan fingerprint density at radius 2 is 1.78 bits per heavy atom. The Balaban J connectivity index is 3.00. The highest BCUT2D eigenvalue weighted by Crippen LogP contribution is 2.33. The van der Waals surface area contributed by atoms with Gasteiger partial charge in [-0.05, 0) is 36.6 Å². The maximum absolute atomic E-state index is 3.70. The van der Waals surface area contributed by atoms with Crippen LogP contribution in [0.3, 0.4) is 0 Å². The molecule has 18 heavy (non-hydrogen) atoms. The molecule has 0 saturated carbocycles. The van der Waals surface area contributed by atoms with Crippen molar-refractivity contribution in [2.24, 2.45) is 5.92 Å². The first-order valence-corrected chi connectivity index (χ1v) is 8.40. The van der Waals surface area contributed by atoms with Gasteiger partial charge in [0.1, 0.15) is 0 Å². The molecular weight excluding hydrogens is 354 g/mol. The molecule has 0 radical (unpaired) electrons. The first-order valence-electron chi connectivity index (χ1n) is 6.82. The summed E-state index contributed by atoms with van der Waals surface area (Å²) < 4.78 is 2.31. The van der Waals surface area contributed by atoms with Crippen LogP contribution in [-0.2, 0) is 0 Å². The first kappa shape index (κ1) is 16.2. The predicted octanol–water partition coefficient (Wildman–Crippen LogP) is 5.69. The molecular formula is C15H23Br2N. The number of halogens is 2. The summed E-state index contributed by atoms with van der Waals surface area (Å²) in [6.07, 6.45) is 3.59. The van der Waals surface area contributed by atoms with E-state index in [2.05, 4.69) is 76.1 Å². The molecule has 0 spiro atoms. The van der Waals surface area contributed by atoms with Crippen LogP contribution in [0.15, 0.2) is 27.1 Å². The zero-order chi connectivity index (χ0) is 13.5. The lowest BCUT2D eigenvalue weighted by molar-refractivity contribution is 0.340. The van der Waals surface area contributed by atoms with Crippen molar-refractivity contribution in [1.82, 2.24) is 5.32 Å². The molecule has 0 bridgehead atoms. The lowest BCUT2D eigenvalue weighted by Gasteiger charge is -2.28. The van der Waals surface area contributed by atoms with Crippen molar-refractivity contribution in [2.75, 3.05) is 6.54 Å². The fraction of sp³-hybridized carbons (Fsp3) is 0.600. The molecule has 1 unspecified atom stereocenters. The second kappa shape index (κ2) is 8.34. The van der Waals surface area contributed by atoms with E-state index >= 15 is 0 Å². The summed E-state index contributed by atoms with van der Waals surface area (Å²) in [4.78, 5) is 0. The van der Waals surface area contributed by atoms with Crippen molar-refractivity contribution < 1.29 is 0 Å². The van der Waals surface area contributed by atoms with Gasteiger partial charge in [-0.15, -0.1) is 0 Å². The van der Waals surface area contributed by atoms with Gasteiger partial charge in [0.15, 0.2) is 0 Å².